The molecule has 1 aromatic heterocycles. The summed E-state index contributed by atoms with van der Waals surface area (Å²) in [6, 6.07) is 5.94. The van der Waals surface area contributed by atoms with E-state index in [2.05, 4.69) is 29.4 Å². The number of carbonyl (C=O) groups excluding carboxylic acids is 2. The third-order valence-corrected chi connectivity index (χ3v) is 5.31. The summed E-state index contributed by atoms with van der Waals surface area (Å²) in [4.78, 5) is 23.8. The van der Waals surface area contributed by atoms with Crippen molar-refractivity contribution in [2.75, 3.05) is 5.32 Å². The van der Waals surface area contributed by atoms with E-state index in [0.29, 0.717) is 17.5 Å². The number of nitrogens with one attached hydrogen (secondary N) is 1. The van der Waals surface area contributed by atoms with Crippen LogP contribution in [-0.2, 0) is 22.6 Å². The fraction of sp³-hybridized carbons (Fsp3) is 0.500. The van der Waals surface area contributed by atoms with Gasteiger partial charge in [-0.15, -0.1) is 10.2 Å². The van der Waals surface area contributed by atoms with E-state index in [-0.39, 0.29) is 23.5 Å². The minimum atomic E-state index is -0.366. The minimum Gasteiger partial charge on any atom is -0.370 e. The topological polar surface area (TPSA) is 103 Å². The van der Waals surface area contributed by atoms with Crippen molar-refractivity contribution in [2.45, 2.75) is 64.4 Å². The van der Waals surface area contributed by atoms with Crippen LogP contribution in [0.4, 0.5) is 5.69 Å². The number of thioether (sulfide) groups is 1. The smallest absolute Gasteiger partial charge is 0.237 e. The van der Waals surface area contributed by atoms with Crippen LogP contribution in [-0.4, -0.2) is 31.8 Å². The van der Waals surface area contributed by atoms with Crippen LogP contribution >= 0.6 is 11.8 Å². The maximum atomic E-state index is 12.7. The minimum absolute atomic E-state index is 0.0882. The number of benzene rings is 1. The Balaban J connectivity index is 2.11. The number of amides is 2. The summed E-state index contributed by atoms with van der Waals surface area (Å²) in [5, 5.41) is 11.8. The Kier molecular flexibility index (Phi) is 7.62. The van der Waals surface area contributed by atoms with Gasteiger partial charge in [-0.3, -0.25) is 9.59 Å². The first kappa shape index (κ1) is 21.9. The summed E-state index contributed by atoms with van der Waals surface area (Å²) in [7, 11) is 0. The second-order valence-corrected chi connectivity index (χ2v) is 8.75. The van der Waals surface area contributed by atoms with Gasteiger partial charge in [-0.2, -0.15) is 0 Å². The van der Waals surface area contributed by atoms with E-state index in [0.717, 1.165) is 29.2 Å². The highest BCUT2D eigenvalue weighted by Gasteiger charge is 2.21. The monoisotopic (exact) mass is 403 g/mol. The molecule has 0 aliphatic carbocycles. The number of nitrogens with zero attached hydrogens (tertiary/aromatic N) is 3. The Morgan fingerprint density at radius 1 is 1.21 bits per heavy atom. The predicted molar refractivity (Wildman–Crippen MR) is 112 cm³/mol. The molecule has 2 rings (SSSR count). The Hall–Kier alpha value is -2.35. The molecule has 3 N–H and O–H groups in total. The number of anilines is 1. The normalized spacial score (nSPS) is 12.2. The summed E-state index contributed by atoms with van der Waals surface area (Å²) < 4.78 is 1.99. The van der Waals surface area contributed by atoms with E-state index in [1.807, 2.05) is 43.5 Å². The summed E-state index contributed by atoms with van der Waals surface area (Å²) in [6.07, 6.45) is 0.669. The molecule has 152 valence electrons. The van der Waals surface area contributed by atoms with Gasteiger partial charge in [-0.25, -0.2) is 0 Å². The summed E-state index contributed by atoms with van der Waals surface area (Å²) in [6.45, 7) is 10.8. The lowest BCUT2D eigenvalue weighted by Crippen LogP contribution is -2.23. The van der Waals surface area contributed by atoms with Crippen molar-refractivity contribution in [2.24, 2.45) is 11.7 Å². The Morgan fingerprint density at radius 2 is 1.93 bits per heavy atom. The third-order valence-electron chi connectivity index (χ3n) is 4.23. The van der Waals surface area contributed by atoms with E-state index in [4.69, 9.17) is 5.73 Å². The van der Waals surface area contributed by atoms with Crippen LogP contribution in [0.3, 0.4) is 0 Å². The van der Waals surface area contributed by atoms with Crippen molar-refractivity contribution in [1.29, 1.82) is 0 Å². The fourth-order valence-corrected chi connectivity index (χ4v) is 3.65. The first-order chi connectivity index (χ1) is 13.2. The molecule has 0 aliphatic heterocycles. The molecular formula is C20H29N5O2S. The molecule has 7 nitrogen and oxygen atoms in total. The van der Waals surface area contributed by atoms with Gasteiger partial charge in [-0.1, -0.05) is 43.3 Å². The molecule has 0 aliphatic rings. The third kappa shape index (κ3) is 6.09. The van der Waals surface area contributed by atoms with Gasteiger partial charge >= 0.3 is 0 Å². The molecule has 1 aromatic carbocycles. The highest BCUT2D eigenvalue weighted by molar-refractivity contribution is 8.00. The van der Waals surface area contributed by atoms with Gasteiger partial charge < -0.3 is 15.6 Å². The van der Waals surface area contributed by atoms with Crippen molar-refractivity contribution < 1.29 is 9.59 Å². The molecule has 2 aromatic rings. The lowest BCUT2D eigenvalue weighted by atomic mass is 10.1. The number of rotatable bonds is 9. The van der Waals surface area contributed by atoms with Crippen LogP contribution in [0.15, 0.2) is 23.4 Å². The lowest BCUT2D eigenvalue weighted by Gasteiger charge is -2.16. The maximum Gasteiger partial charge on any atom is 0.237 e. The van der Waals surface area contributed by atoms with Gasteiger partial charge in [0.15, 0.2) is 5.16 Å². The Labute approximate surface area is 170 Å². The van der Waals surface area contributed by atoms with E-state index in [1.165, 1.54) is 11.8 Å². The number of aryl methyl sites for hydroxylation is 3. The fourth-order valence-electron chi connectivity index (χ4n) is 2.77. The molecule has 0 fully saturated rings. The average molecular weight is 404 g/mol. The molecule has 0 saturated heterocycles. The molecule has 8 heteroatoms. The first-order valence-electron chi connectivity index (χ1n) is 9.42. The summed E-state index contributed by atoms with van der Waals surface area (Å²) in [5.74, 6) is 0.642. The van der Waals surface area contributed by atoms with Crippen LogP contribution in [0.2, 0.25) is 0 Å². The number of hydrogen-bond donors (Lipinski definition) is 2. The largest absolute Gasteiger partial charge is 0.370 e. The molecule has 2 amide bonds. The first-order valence-corrected chi connectivity index (χ1v) is 10.3. The van der Waals surface area contributed by atoms with E-state index in [9.17, 15) is 9.59 Å². The molecule has 1 atom stereocenters. The Bertz CT molecular complexity index is 847. The van der Waals surface area contributed by atoms with E-state index < -0.39 is 0 Å². The molecule has 0 radical (unpaired) electrons. The van der Waals surface area contributed by atoms with Crippen LogP contribution in [0.1, 0.15) is 44.1 Å². The van der Waals surface area contributed by atoms with E-state index in [1.54, 1.807) is 0 Å². The zero-order valence-corrected chi connectivity index (χ0v) is 18.0. The average Bonchev–Trinajstić information content (AvgIpc) is 2.96. The van der Waals surface area contributed by atoms with Gasteiger partial charge in [0.05, 0.1) is 5.25 Å². The molecule has 1 heterocycles. The molecule has 0 unspecified atom stereocenters. The zero-order valence-electron chi connectivity index (χ0n) is 17.2. The Morgan fingerprint density at radius 3 is 2.54 bits per heavy atom. The standard InChI is InChI=1S/C20H29N5O2S/c1-12(2)11-25-18(9-8-17(21)26)23-24-20(25)28-15(5)19(27)22-16-7-6-13(3)10-14(16)4/h6-7,10,12,15H,8-9,11H2,1-5H3,(H2,21,26)(H,22,27)/t15-/m1/s1. The van der Waals surface area contributed by atoms with Crippen molar-refractivity contribution >= 4 is 29.3 Å². The lowest BCUT2D eigenvalue weighted by molar-refractivity contribution is -0.118. The van der Waals surface area contributed by atoms with Crippen LogP contribution in [0, 0.1) is 19.8 Å². The van der Waals surface area contributed by atoms with Crippen molar-refractivity contribution in [3.8, 4) is 0 Å². The SMILES string of the molecule is Cc1ccc(NC(=O)[C@@H](C)Sc2nnc(CCC(N)=O)n2CC(C)C)c(C)c1. The van der Waals surface area contributed by atoms with Gasteiger partial charge in [0.25, 0.3) is 0 Å². The maximum absolute atomic E-state index is 12.7. The van der Waals surface area contributed by atoms with E-state index >= 15 is 0 Å². The number of aromatic nitrogens is 3. The van der Waals surface area contributed by atoms with Gasteiger partial charge in [0, 0.05) is 25.1 Å². The number of hydrogen-bond acceptors (Lipinski definition) is 5. The highest BCUT2D eigenvalue weighted by atomic mass is 32.2. The quantitative estimate of drug-likeness (QED) is 0.626. The van der Waals surface area contributed by atoms with Crippen LogP contribution in [0.25, 0.3) is 0 Å². The second-order valence-electron chi connectivity index (χ2n) is 7.44. The van der Waals surface area contributed by atoms with Gasteiger partial charge in [0.2, 0.25) is 11.8 Å². The predicted octanol–water partition coefficient (Wildman–Crippen LogP) is 3.09. The molecule has 0 bridgehead atoms. The van der Waals surface area contributed by atoms with Crippen LogP contribution in [0.5, 0.6) is 0 Å². The molecule has 0 spiro atoms. The van der Waals surface area contributed by atoms with Gasteiger partial charge in [0.1, 0.15) is 5.82 Å². The number of primary amides is 1. The second kappa shape index (κ2) is 9.73. The van der Waals surface area contributed by atoms with Crippen molar-refractivity contribution in [3.63, 3.8) is 0 Å². The molecule has 28 heavy (non-hydrogen) atoms. The van der Waals surface area contributed by atoms with Crippen molar-refractivity contribution in [3.05, 3.63) is 35.2 Å². The molecular weight excluding hydrogens is 374 g/mol. The van der Waals surface area contributed by atoms with Crippen molar-refractivity contribution in [1.82, 2.24) is 14.8 Å². The highest BCUT2D eigenvalue weighted by Crippen LogP contribution is 2.25. The number of nitrogens with two attached hydrogens (primary N) is 1. The van der Waals surface area contributed by atoms with Gasteiger partial charge in [-0.05, 0) is 38.3 Å². The van der Waals surface area contributed by atoms with Crippen LogP contribution < -0.4 is 11.1 Å². The number of carbonyl (C=O) groups is 2. The zero-order chi connectivity index (χ0) is 20.8. The summed E-state index contributed by atoms with van der Waals surface area (Å²) >= 11 is 1.36. The molecule has 0 saturated carbocycles. The summed E-state index contributed by atoms with van der Waals surface area (Å²) in [5.41, 5.74) is 8.26.